The van der Waals surface area contributed by atoms with Crippen molar-refractivity contribution in [2.75, 3.05) is 20.3 Å². The number of hydrogen-bond acceptors (Lipinski definition) is 7. The molecule has 1 aliphatic carbocycles. The maximum absolute atomic E-state index is 14.0. The van der Waals surface area contributed by atoms with Crippen LogP contribution in [0.15, 0.2) is 78.4 Å². The molecule has 0 saturated heterocycles. The van der Waals surface area contributed by atoms with Crippen LogP contribution in [0.25, 0.3) is 0 Å². The zero-order valence-corrected chi connectivity index (χ0v) is 23.5. The van der Waals surface area contributed by atoms with E-state index in [0.29, 0.717) is 17.4 Å². The number of carbonyl (C=O) groups is 3. The molecule has 3 aromatic carbocycles. The van der Waals surface area contributed by atoms with Crippen LogP contribution in [-0.2, 0) is 17.5 Å². The van der Waals surface area contributed by atoms with E-state index in [4.69, 9.17) is 9.47 Å². The summed E-state index contributed by atoms with van der Waals surface area (Å²) in [5.41, 5.74) is 0.460. The summed E-state index contributed by atoms with van der Waals surface area (Å²) in [4.78, 5) is 40.4. The lowest BCUT2D eigenvalue weighted by Crippen LogP contribution is -2.55. The normalized spacial score (nSPS) is 20.5. The summed E-state index contributed by atoms with van der Waals surface area (Å²) in [6.07, 6.45) is -5.09. The van der Waals surface area contributed by atoms with Gasteiger partial charge in [-0.3, -0.25) is 14.4 Å². The number of halogens is 3. The highest BCUT2D eigenvalue weighted by atomic mass is 19.4. The zero-order valence-electron chi connectivity index (χ0n) is 23.5. The average Bonchev–Trinajstić information content (AvgIpc) is 3.42. The molecule has 9 nitrogen and oxygen atoms in total. The van der Waals surface area contributed by atoms with Crippen molar-refractivity contribution in [2.45, 2.75) is 36.9 Å². The summed E-state index contributed by atoms with van der Waals surface area (Å²) in [5.74, 6) is -1.73. The molecule has 230 valence electrons. The number of nitrogens with zero attached hydrogens (tertiary/aromatic N) is 1. The summed E-state index contributed by atoms with van der Waals surface area (Å²) < 4.78 is 51.3. The summed E-state index contributed by atoms with van der Waals surface area (Å²) in [6.45, 7) is -0.486. The van der Waals surface area contributed by atoms with E-state index in [1.54, 1.807) is 30.3 Å². The second-order valence-electron chi connectivity index (χ2n) is 10.4. The Bertz CT molecular complexity index is 1580. The Kier molecular flexibility index (Phi) is 8.75. The van der Waals surface area contributed by atoms with Crippen molar-refractivity contribution in [3.8, 4) is 11.5 Å². The second kappa shape index (κ2) is 12.5. The fourth-order valence-electron chi connectivity index (χ4n) is 5.62. The third-order valence-corrected chi connectivity index (χ3v) is 7.69. The maximum Gasteiger partial charge on any atom is 0.416 e. The van der Waals surface area contributed by atoms with Crippen molar-refractivity contribution < 1.29 is 47.2 Å². The fraction of sp³-hybridized carbons (Fsp3) is 0.281. The van der Waals surface area contributed by atoms with Crippen molar-refractivity contribution in [1.82, 2.24) is 10.2 Å². The van der Waals surface area contributed by atoms with Crippen LogP contribution in [0, 0.1) is 0 Å². The molecule has 3 N–H and O–H groups in total. The number of benzene rings is 3. The van der Waals surface area contributed by atoms with Crippen LogP contribution in [0.5, 0.6) is 11.5 Å². The molecule has 44 heavy (non-hydrogen) atoms. The van der Waals surface area contributed by atoms with Crippen molar-refractivity contribution >= 4 is 18.1 Å². The number of rotatable bonds is 9. The Balaban J connectivity index is 1.62. The first-order valence-electron chi connectivity index (χ1n) is 13.7. The van der Waals surface area contributed by atoms with Gasteiger partial charge in [-0.05, 0) is 48.0 Å². The van der Waals surface area contributed by atoms with Crippen LogP contribution < -0.4 is 14.8 Å². The first kappa shape index (κ1) is 30.8. The molecule has 0 saturated carbocycles. The van der Waals surface area contributed by atoms with Gasteiger partial charge in [0.1, 0.15) is 18.5 Å². The lowest BCUT2D eigenvalue weighted by Gasteiger charge is -2.40. The van der Waals surface area contributed by atoms with E-state index >= 15 is 0 Å². The van der Waals surface area contributed by atoms with Gasteiger partial charge in [0.15, 0.2) is 11.5 Å². The molecule has 2 amide bonds. The molecule has 2 aliphatic rings. The minimum absolute atomic E-state index is 0.0594. The van der Waals surface area contributed by atoms with Gasteiger partial charge in [-0.15, -0.1) is 0 Å². The molecule has 0 radical (unpaired) electrons. The van der Waals surface area contributed by atoms with E-state index in [0.717, 1.165) is 24.3 Å². The van der Waals surface area contributed by atoms with Crippen molar-refractivity contribution in [3.63, 3.8) is 0 Å². The predicted octanol–water partition coefficient (Wildman–Crippen LogP) is 3.49. The number of aliphatic hydroxyl groups excluding tert-OH is 2. The Labute approximate surface area is 250 Å². The molecule has 3 aromatic rings. The SMILES string of the molecule is COc1cc(C=O)cc2c1O[C@@H]1[C@@H](O)[C@H](N(Cc3ccccc3)C(=O)c3ccc(C(F)(F)F)cc3)C=C(C(=O)NCCO)[C@H]21. The van der Waals surface area contributed by atoms with Gasteiger partial charge in [0.05, 0.1) is 31.2 Å². The van der Waals surface area contributed by atoms with Crippen molar-refractivity contribution in [1.29, 1.82) is 0 Å². The number of fused-ring (bicyclic) bond motifs is 3. The number of aliphatic hydroxyl groups is 2. The van der Waals surface area contributed by atoms with E-state index in [9.17, 15) is 37.8 Å². The monoisotopic (exact) mass is 610 g/mol. The first-order valence-corrected chi connectivity index (χ1v) is 13.7. The van der Waals surface area contributed by atoms with Crippen LogP contribution in [0.4, 0.5) is 13.2 Å². The zero-order chi connectivity index (χ0) is 31.6. The molecule has 1 heterocycles. The van der Waals surface area contributed by atoms with Crippen molar-refractivity contribution in [3.05, 3.63) is 106 Å². The van der Waals surface area contributed by atoms with Crippen LogP contribution in [-0.4, -0.2) is 71.7 Å². The Morgan fingerprint density at radius 2 is 1.80 bits per heavy atom. The molecule has 0 fully saturated rings. The number of methoxy groups -OCH3 is 1. The van der Waals surface area contributed by atoms with Gasteiger partial charge < -0.3 is 29.9 Å². The molecule has 0 unspecified atom stereocenters. The highest BCUT2D eigenvalue weighted by Gasteiger charge is 2.51. The lowest BCUT2D eigenvalue weighted by molar-refractivity contribution is -0.137. The van der Waals surface area contributed by atoms with Crippen LogP contribution in [0.1, 0.15) is 43.3 Å². The number of ether oxygens (including phenoxy) is 2. The van der Waals surface area contributed by atoms with E-state index in [1.807, 2.05) is 0 Å². The van der Waals surface area contributed by atoms with E-state index in [1.165, 1.54) is 30.2 Å². The summed E-state index contributed by atoms with van der Waals surface area (Å²) in [7, 11) is 1.38. The Morgan fingerprint density at radius 3 is 2.41 bits per heavy atom. The molecule has 0 aromatic heterocycles. The standard InChI is InChI=1S/C32H29F3N2O7/c1-43-25-14-19(17-39)13-22-26-23(30(41)36-11-12-38)15-24(27(40)29(26)44-28(22)25)37(16-18-5-3-2-4-6-18)31(42)20-7-9-21(10-8-20)32(33,34)35/h2-10,13-15,17,24,26-27,29,38,40H,11-12,16H2,1H3,(H,36,41)/t24-,26+,27+,29+/m1/s1. The fourth-order valence-corrected chi connectivity index (χ4v) is 5.62. The van der Waals surface area contributed by atoms with Gasteiger partial charge in [-0.25, -0.2) is 0 Å². The number of amides is 2. The number of hydrogen-bond donors (Lipinski definition) is 3. The third kappa shape index (κ3) is 5.90. The summed E-state index contributed by atoms with van der Waals surface area (Å²) in [6, 6.07) is 14.3. The Hall–Kier alpha value is -4.68. The van der Waals surface area contributed by atoms with Crippen LogP contribution in [0.2, 0.25) is 0 Å². The minimum Gasteiger partial charge on any atom is -0.493 e. The molecule has 12 heteroatoms. The molecule has 1 aliphatic heterocycles. The predicted molar refractivity (Wildman–Crippen MR) is 151 cm³/mol. The molecule has 0 spiro atoms. The number of nitrogens with one attached hydrogen (secondary N) is 1. The largest absolute Gasteiger partial charge is 0.493 e. The third-order valence-electron chi connectivity index (χ3n) is 7.69. The number of aldehydes is 1. The molecular weight excluding hydrogens is 581 g/mol. The molecular formula is C32H29F3N2O7. The topological polar surface area (TPSA) is 125 Å². The molecule has 4 atom stereocenters. The minimum atomic E-state index is -4.60. The quantitative estimate of drug-likeness (QED) is 0.317. The van der Waals surface area contributed by atoms with E-state index < -0.39 is 47.7 Å². The smallest absolute Gasteiger partial charge is 0.416 e. The number of carbonyl (C=O) groups excluding carboxylic acids is 3. The average molecular weight is 611 g/mol. The summed E-state index contributed by atoms with van der Waals surface area (Å²) >= 11 is 0. The summed E-state index contributed by atoms with van der Waals surface area (Å²) in [5, 5.41) is 23.7. The van der Waals surface area contributed by atoms with E-state index in [2.05, 4.69) is 5.32 Å². The highest BCUT2D eigenvalue weighted by molar-refractivity contribution is 5.98. The van der Waals surface area contributed by atoms with Gasteiger partial charge in [0.25, 0.3) is 5.91 Å². The maximum atomic E-state index is 14.0. The van der Waals surface area contributed by atoms with Crippen molar-refractivity contribution in [2.24, 2.45) is 0 Å². The number of alkyl halides is 3. The first-order chi connectivity index (χ1) is 21.1. The highest BCUT2D eigenvalue weighted by Crippen LogP contribution is 2.51. The van der Waals surface area contributed by atoms with E-state index in [-0.39, 0.29) is 47.9 Å². The van der Waals surface area contributed by atoms with Gasteiger partial charge in [-0.1, -0.05) is 30.3 Å². The Morgan fingerprint density at radius 1 is 1.09 bits per heavy atom. The molecule has 0 bridgehead atoms. The van der Waals surface area contributed by atoms with Gasteiger partial charge in [0.2, 0.25) is 5.91 Å². The lowest BCUT2D eigenvalue weighted by atomic mass is 9.77. The van der Waals surface area contributed by atoms with Gasteiger partial charge in [0, 0.05) is 35.4 Å². The van der Waals surface area contributed by atoms with Gasteiger partial charge in [-0.2, -0.15) is 13.2 Å². The van der Waals surface area contributed by atoms with Crippen LogP contribution in [0.3, 0.4) is 0 Å². The van der Waals surface area contributed by atoms with Gasteiger partial charge >= 0.3 is 6.18 Å². The molecule has 5 rings (SSSR count). The second-order valence-corrected chi connectivity index (χ2v) is 10.4. The van der Waals surface area contributed by atoms with Crippen LogP contribution >= 0.6 is 0 Å².